The number of aliphatic hydroxyl groups is 5. The molecule has 0 saturated heterocycles. The number of hydrogen-bond donors (Lipinski definition) is 14. The van der Waals surface area contributed by atoms with Crippen LogP contribution in [0, 0.1) is 0 Å². The zero-order valence-corrected chi connectivity index (χ0v) is 64.1. The number of aliphatic hydroxyl groups excluding tert-OH is 5. The molecule has 31 heteroatoms. The Hall–Kier alpha value is -0.502. The van der Waals surface area contributed by atoms with Crippen molar-refractivity contribution in [1.82, 2.24) is 0 Å². The van der Waals surface area contributed by atoms with Crippen LogP contribution in [-0.4, -0.2) is 243 Å². The molecular formula is C59H153N9O18Si4. The van der Waals surface area contributed by atoms with Gasteiger partial charge in [-0.2, -0.15) is 7.11 Å². The maximum atomic E-state index is 8.25. The van der Waals surface area contributed by atoms with E-state index in [2.05, 4.69) is 33.1 Å². The highest BCUT2D eigenvalue weighted by Crippen LogP contribution is 2.23. The van der Waals surface area contributed by atoms with Crippen LogP contribution in [0.15, 0.2) is 0 Å². The first-order chi connectivity index (χ1) is 43.7. The van der Waals surface area contributed by atoms with Gasteiger partial charge >= 0.3 is 35.2 Å². The second-order valence-corrected chi connectivity index (χ2v) is 30.9. The zero-order valence-electron chi connectivity index (χ0n) is 60.1. The van der Waals surface area contributed by atoms with Crippen LogP contribution in [0.3, 0.4) is 0 Å². The third-order valence-electron chi connectivity index (χ3n) is 12.2. The number of nitrogens with two attached hydrogens (primary N) is 9. The summed E-state index contributed by atoms with van der Waals surface area (Å²) in [6.45, 7) is 15.6. The molecule has 0 unspecified atom stereocenters. The van der Waals surface area contributed by atoms with Gasteiger partial charge in [0.1, 0.15) is 6.61 Å². The molecule has 0 aromatic carbocycles. The lowest BCUT2D eigenvalue weighted by Crippen LogP contribution is -2.48. The minimum absolute atomic E-state index is 0.0278. The predicted octanol–water partition coefficient (Wildman–Crippen LogP) is 2.75. The molecule has 0 aliphatic heterocycles. The third kappa shape index (κ3) is 87.5. The summed E-state index contributed by atoms with van der Waals surface area (Å²) in [6, 6.07) is 3.50. The van der Waals surface area contributed by atoms with Crippen molar-refractivity contribution in [3.63, 3.8) is 0 Å². The van der Waals surface area contributed by atoms with E-state index in [1.807, 2.05) is 0 Å². The van der Waals surface area contributed by atoms with E-state index in [4.69, 9.17) is 130 Å². The van der Waals surface area contributed by atoms with Crippen molar-refractivity contribution in [2.45, 2.75) is 206 Å². The summed E-state index contributed by atoms with van der Waals surface area (Å²) in [5.41, 5.74) is 42.6. The fourth-order valence-electron chi connectivity index (χ4n) is 7.55. The van der Waals surface area contributed by atoms with Crippen LogP contribution >= 0.6 is 0 Å². The van der Waals surface area contributed by atoms with Crippen molar-refractivity contribution in [3.05, 3.63) is 0 Å². The average molecular weight is 1390 g/mol. The molecule has 90 heavy (non-hydrogen) atoms. The normalized spacial score (nSPS) is 10.7. The molecule has 0 aliphatic carbocycles. The van der Waals surface area contributed by atoms with Crippen LogP contribution in [0.1, 0.15) is 182 Å². The zero-order chi connectivity index (χ0) is 71.0. The first-order valence-electron chi connectivity index (χ1n) is 33.1. The van der Waals surface area contributed by atoms with Gasteiger partial charge in [0, 0.05) is 133 Å². The SMILES string of the molecule is CCCCCCCC[Si](OC)(OC)OC.CCCCCCCC[Si](OC)(OC)OCCN.CCCCCCCC[Si](OC)(OCCN)OCCN.CCCCCCCC[Si](OCCN)(OCCN)OCCN.CO.CO.C[O-].NCCO.NCCO.[NH2+]=CCO. The fourth-order valence-corrected chi connectivity index (χ4v) is 16.4. The summed E-state index contributed by atoms with van der Waals surface area (Å²) in [6.07, 6.45) is 31.3. The second kappa shape index (κ2) is 102. The Kier molecular flexibility index (Phi) is 126. The Morgan fingerprint density at radius 3 is 0.656 bits per heavy atom. The molecule has 0 amide bonds. The lowest BCUT2D eigenvalue weighted by Gasteiger charge is -2.29. The summed E-state index contributed by atoms with van der Waals surface area (Å²) in [4.78, 5) is 0. The number of rotatable bonds is 55. The van der Waals surface area contributed by atoms with Crippen molar-refractivity contribution in [2.24, 2.45) is 45.9 Å². The smallest absolute Gasteiger partial charge is 0.501 e. The summed E-state index contributed by atoms with van der Waals surface area (Å²) in [7, 11) is 2.88. The standard InChI is InChI=1S/C14H35N3O3Si.C13H32N2O3Si.C12H29NO3Si.C11H26O3Si.2C2H7NO.C2H5NO.2CH4O.CH3O/c1-2-3-4-5-6-7-14-21(18-11-8-15,19-12-9-16)20-13-10-17;1-3-4-5-6-7-8-13-19(16-2,17-11-9-14)18-12-10-15;1-4-5-6-7-8-9-12-17(14-2,15-3)16-11-10-13;1-5-6-7-8-9-10-11-15(12-2,13-3)14-4;3*3-1-2-4;3*1-2/h2-17H2,1H3;3-15H2,1-2H3;4-13H2,1-3H3;5-11H2,1-4H3;2*4H,1-3H2;1,3-4H,2H2;2*2H,1H3;1H3/q;;;;;;;;;-1/p+1. The maximum Gasteiger partial charge on any atom is 0.501 e. The molecule has 0 aromatic rings. The van der Waals surface area contributed by atoms with E-state index < -0.39 is 35.2 Å². The molecule has 0 fully saturated rings. The van der Waals surface area contributed by atoms with E-state index in [0.29, 0.717) is 92.0 Å². The minimum atomic E-state index is -2.67. The summed E-state index contributed by atoms with van der Waals surface area (Å²) in [5, 5.41) is 50.1. The van der Waals surface area contributed by atoms with Gasteiger partial charge in [-0.15, -0.1) is 0 Å². The van der Waals surface area contributed by atoms with Crippen molar-refractivity contribution in [2.75, 3.05) is 176 Å². The van der Waals surface area contributed by atoms with E-state index in [0.717, 1.165) is 71.2 Å². The molecule has 0 rings (SSSR count). The topological polar surface area (TPSA) is 469 Å². The monoisotopic (exact) mass is 1390 g/mol. The molecule has 0 heterocycles. The highest BCUT2D eigenvalue weighted by molar-refractivity contribution is 6.61. The van der Waals surface area contributed by atoms with E-state index in [1.165, 1.54) is 135 Å². The Morgan fingerprint density at radius 2 is 0.467 bits per heavy atom. The largest absolute Gasteiger partial charge is 0.857 e. The van der Waals surface area contributed by atoms with E-state index in [1.54, 1.807) is 42.7 Å². The highest BCUT2D eigenvalue weighted by atomic mass is 28.4. The molecule has 27 nitrogen and oxygen atoms in total. The molecule has 558 valence electrons. The van der Waals surface area contributed by atoms with Crippen LogP contribution in [0.25, 0.3) is 0 Å². The maximum absolute atomic E-state index is 8.25. The van der Waals surface area contributed by atoms with Crippen LogP contribution in [0.4, 0.5) is 0 Å². The van der Waals surface area contributed by atoms with Crippen molar-refractivity contribution in [3.8, 4) is 0 Å². The Bertz CT molecular complexity index is 1140. The molecule has 0 atom stereocenters. The van der Waals surface area contributed by atoms with E-state index in [9.17, 15) is 0 Å². The lowest BCUT2D eigenvalue weighted by molar-refractivity contribution is -0.325. The summed E-state index contributed by atoms with van der Waals surface area (Å²) >= 11 is 0. The van der Waals surface area contributed by atoms with Crippen LogP contribution < -0.4 is 56.4 Å². The first kappa shape index (κ1) is 111. The molecule has 0 spiro atoms. The number of hydrogen-bond acceptors (Lipinski definition) is 26. The Balaban J connectivity index is -0.000000109. The molecule has 0 saturated carbocycles. The average Bonchev–Trinajstić information content (AvgIpc) is 3.78. The van der Waals surface area contributed by atoms with Crippen molar-refractivity contribution < 1.29 is 89.2 Å². The summed E-state index contributed by atoms with van der Waals surface area (Å²) < 4.78 is 67.4. The van der Waals surface area contributed by atoms with Crippen LogP contribution in [-0.2, 0) is 53.1 Å². The second-order valence-electron chi connectivity index (χ2n) is 19.3. The van der Waals surface area contributed by atoms with Crippen LogP contribution in [0.5, 0.6) is 0 Å². The third-order valence-corrected chi connectivity index (χ3v) is 23.7. The van der Waals surface area contributed by atoms with Crippen LogP contribution in [0.2, 0.25) is 24.2 Å². The van der Waals surface area contributed by atoms with Gasteiger partial charge in [0.05, 0.1) is 52.9 Å². The molecule has 0 aliphatic rings. The molecule has 0 radical (unpaired) electrons. The van der Waals surface area contributed by atoms with Gasteiger partial charge in [-0.3, -0.25) is 5.41 Å². The van der Waals surface area contributed by atoms with Crippen molar-refractivity contribution in [1.29, 1.82) is 0 Å². The highest BCUT2D eigenvalue weighted by Gasteiger charge is 2.41. The van der Waals surface area contributed by atoms with Gasteiger partial charge < -0.3 is 130 Å². The quantitative estimate of drug-likeness (QED) is 0.0236. The van der Waals surface area contributed by atoms with Gasteiger partial charge in [-0.05, 0) is 25.7 Å². The van der Waals surface area contributed by atoms with Gasteiger partial charge in [-0.25, -0.2) is 0 Å². The Morgan fingerprint density at radius 1 is 0.300 bits per heavy atom. The van der Waals surface area contributed by atoms with Gasteiger partial charge in [0.25, 0.3) is 0 Å². The molecule has 0 bridgehead atoms. The number of unbranched alkanes of at least 4 members (excludes halogenated alkanes) is 20. The van der Waals surface area contributed by atoms with E-state index >= 15 is 0 Å². The van der Waals surface area contributed by atoms with Crippen molar-refractivity contribution >= 4 is 41.4 Å². The van der Waals surface area contributed by atoms with Gasteiger partial charge in [0.15, 0.2) is 6.21 Å². The lowest BCUT2D eigenvalue weighted by atomic mass is 10.1. The Labute approximate surface area is 555 Å². The predicted molar refractivity (Wildman–Crippen MR) is 377 cm³/mol. The summed E-state index contributed by atoms with van der Waals surface area (Å²) in [5.74, 6) is 0. The first-order valence-corrected chi connectivity index (χ1v) is 40.9. The minimum Gasteiger partial charge on any atom is -0.857 e. The molecule has 0 aromatic heterocycles. The fraction of sp³-hybridized carbons (Fsp3) is 0.983. The van der Waals surface area contributed by atoms with Gasteiger partial charge in [0.2, 0.25) is 0 Å². The van der Waals surface area contributed by atoms with E-state index in [-0.39, 0.29) is 19.8 Å². The van der Waals surface area contributed by atoms with Gasteiger partial charge in [-0.1, -0.05) is 156 Å². The molecular weight excluding hydrogens is 1240 g/mol. The molecule has 23 N–H and O–H groups in total.